The third-order valence-corrected chi connectivity index (χ3v) is 5.13. The first kappa shape index (κ1) is 15.9. The number of fused-ring (bicyclic) bond motifs is 2. The Labute approximate surface area is 161 Å². The maximum atomic E-state index is 13.0. The molecule has 2 N–H and O–H groups in total. The Morgan fingerprint density at radius 1 is 0.889 bits per heavy atom. The molecule has 1 aliphatic rings. The smallest absolute Gasteiger partial charge is 0.257 e. The zero-order valence-electron chi connectivity index (χ0n) is 14.3. The SMILES string of the molecule is O=C1Nc2ccccc2C1=C(c1cccc(Cl)c1)c1c[nH]c2ccccc12. The van der Waals surface area contributed by atoms with Crippen LogP contribution >= 0.6 is 11.6 Å². The Hall–Kier alpha value is -3.30. The predicted molar refractivity (Wildman–Crippen MR) is 111 cm³/mol. The molecule has 27 heavy (non-hydrogen) atoms. The standard InChI is InChI=1S/C23H15ClN2O/c24-15-7-5-6-14(12-15)21(18-13-25-19-10-3-1-8-16(18)19)22-17-9-2-4-11-20(17)26-23(22)27/h1-13,25H,(H,26,27). The summed E-state index contributed by atoms with van der Waals surface area (Å²) in [4.78, 5) is 16.3. The van der Waals surface area contributed by atoms with Gasteiger partial charge in [0.1, 0.15) is 0 Å². The highest BCUT2D eigenvalue weighted by atomic mass is 35.5. The van der Waals surface area contributed by atoms with Gasteiger partial charge in [-0.2, -0.15) is 0 Å². The van der Waals surface area contributed by atoms with Crippen LogP contribution in [0.25, 0.3) is 22.0 Å². The average Bonchev–Trinajstić information content (AvgIpc) is 3.24. The molecule has 0 saturated heterocycles. The molecule has 1 amide bonds. The lowest BCUT2D eigenvalue weighted by molar-refractivity contribution is -0.110. The number of amides is 1. The van der Waals surface area contributed by atoms with E-state index in [1.165, 1.54) is 0 Å². The first-order valence-electron chi connectivity index (χ1n) is 8.70. The van der Waals surface area contributed by atoms with Crippen LogP contribution in [0.2, 0.25) is 5.02 Å². The van der Waals surface area contributed by atoms with E-state index in [9.17, 15) is 4.79 Å². The molecule has 0 saturated carbocycles. The molecule has 130 valence electrons. The predicted octanol–water partition coefficient (Wildman–Crippen LogP) is 5.73. The van der Waals surface area contributed by atoms with E-state index in [-0.39, 0.29) is 5.91 Å². The fraction of sp³-hybridized carbons (Fsp3) is 0. The summed E-state index contributed by atoms with van der Waals surface area (Å²) in [7, 11) is 0. The minimum Gasteiger partial charge on any atom is -0.361 e. The molecule has 3 nitrogen and oxygen atoms in total. The Morgan fingerprint density at radius 3 is 2.59 bits per heavy atom. The van der Waals surface area contributed by atoms with Gasteiger partial charge in [0.05, 0.1) is 5.57 Å². The highest BCUT2D eigenvalue weighted by Gasteiger charge is 2.29. The van der Waals surface area contributed by atoms with E-state index in [0.717, 1.165) is 38.9 Å². The molecule has 4 aromatic rings. The average molecular weight is 371 g/mol. The van der Waals surface area contributed by atoms with Crippen LogP contribution < -0.4 is 5.32 Å². The summed E-state index contributed by atoms with van der Waals surface area (Å²) in [5, 5.41) is 4.69. The Kier molecular flexibility index (Phi) is 3.62. The highest BCUT2D eigenvalue weighted by Crippen LogP contribution is 2.42. The number of nitrogens with one attached hydrogen (secondary N) is 2. The molecule has 0 radical (unpaired) electrons. The molecule has 0 aliphatic carbocycles. The van der Waals surface area contributed by atoms with Crippen LogP contribution in [0.4, 0.5) is 5.69 Å². The Bertz CT molecular complexity index is 1240. The summed E-state index contributed by atoms with van der Waals surface area (Å²) in [6.07, 6.45) is 1.96. The van der Waals surface area contributed by atoms with E-state index in [4.69, 9.17) is 11.6 Å². The van der Waals surface area contributed by atoms with E-state index in [1.807, 2.05) is 72.9 Å². The second-order valence-corrected chi connectivity index (χ2v) is 6.94. The van der Waals surface area contributed by atoms with Gasteiger partial charge in [0.25, 0.3) is 5.91 Å². The number of para-hydroxylation sites is 2. The lowest BCUT2D eigenvalue weighted by Crippen LogP contribution is -2.06. The number of aromatic amines is 1. The van der Waals surface area contributed by atoms with Crippen LogP contribution in [-0.2, 0) is 4.79 Å². The lowest BCUT2D eigenvalue weighted by Gasteiger charge is -2.12. The Balaban J connectivity index is 1.89. The van der Waals surface area contributed by atoms with Crippen molar-refractivity contribution in [2.75, 3.05) is 5.32 Å². The summed E-state index contributed by atoms with van der Waals surface area (Å²) in [6.45, 7) is 0. The van der Waals surface area contributed by atoms with Crippen molar-refractivity contribution in [1.29, 1.82) is 0 Å². The minimum atomic E-state index is -0.101. The number of anilines is 1. The zero-order valence-corrected chi connectivity index (χ0v) is 15.0. The van der Waals surface area contributed by atoms with Crippen LogP contribution in [0.15, 0.2) is 79.0 Å². The number of hydrogen-bond donors (Lipinski definition) is 2. The molecule has 5 rings (SSSR count). The lowest BCUT2D eigenvalue weighted by atomic mass is 9.90. The van der Waals surface area contributed by atoms with Gasteiger partial charge in [0.15, 0.2) is 0 Å². The second kappa shape index (κ2) is 6.15. The van der Waals surface area contributed by atoms with Crippen LogP contribution in [0.3, 0.4) is 0 Å². The quantitative estimate of drug-likeness (QED) is 0.435. The number of benzene rings is 3. The maximum Gasteiger partial charge on any atom is 0.257 e. The number of aromatic nitrogens is 1. The van der Waals surface area contributed by atoms with Crippen LogP contribution in [0, 0.1) is 0 Å². The molecule has 0 unspecified atom stereocenters. The number of rotatable bonds is 2. The molecule has 0 spiro atoms. The van der Waals surface area contributed by atoms with Gasteiger partial charge >= 0.3 is 0 Å². The van der Waals surface area contributed by atoms with Crippen molar-refractivity contribution in [2.24, 2.45) is 0 Å². The molecule has 0 fully saturated rings. The first-order chi connectivity index (χ1) is 13.2. The van der Waals surface area contributed by atoms with Crippen molar-refractivity contribution in [1.82, 2.24) is 4.98 Å². The molecule has 0 atom stereocenters. The van der Waals surface area contributed by atoms with Crippen molar-refractivity contribution in [3.63, 3.8) is 0 Å². The first-order valence-corrected chi connectivity index (χ1v) is 9.07. The van der Waals surface area contributed by atoms with Crippen LogP contribution in [0.5, 0.6) is 0 Å². The van der Waals surface area contributed by atoms with Gasteiger partial charge in [-0.05, 0) is 29.8 Å². The minimum absolute atomic E-state index is 0.101. The summed E-state index contributed by atoms with van der Waals surface area (Å²) < 4.78 is 0. The monoisotopic (exact) mass is 370 g/mol. The molecule has 1 aliphatic heterocycles. The van der Waals surface area contributed by atoms with Crippen LogP contribution in [0.1, 0.15) is 16.7 Å². The van der Waals surface area contributed by atoms with Gasteiger partial charge in [0, 0.05) is 44.5 Å². The zero-order chi connectivity index (χ0) is 18.4. The van der Waals surface area contributed by atoms with Gasteiger partial charge in [-0.15, -0.1) is 0 Å². The van der Waals surface area contributed by atoms with Crippen molar-refractivity contribution in [3.8, 4) is 0 Å². The molecule has 1 aromatic heterocycles. The molecule has 2 heterocycles. The van der Waals surface area contributed by atoms with Crippen molar-refractivity contribution in [3.05, 3.63) is 101 Å². The summed E-state index contributed by atoms with van der Waals surface area (Å²) in [5.41, 5.74) is 6.19. The fourth-order valence-corrected chi connectivity index (χ4v) is 3.91. The largest absolute Gasteiger partial charge is 0.361 e. The van der Waals surface area contributed by atoms with Gasteiger partial charge < -0.3 is 10.3 Å². The molecule has 4 heteroatoms. The van der Waals surface area contributed by atoms with Crippen molar-refractivity contribution >= 4 is 45.2 Å². The van der Waals surface area contributed by atoms with E-state index in [1.54, 1.807) is 0 Å². The summed E-state index contributed by atoms with van der Waals surface area (Å²) in [6, 6.07) is 23.5. The topological polar surface area (TPSA) is 44.9 Å². The van der Waals surface area contributed by atoms with Crippen molar-refractivity contribution in [2.45, 2.75) is 0 Å². The fourth-order valence-electron chi connectivity index (χ4n) is 3.72. The number of carbonyl (C=O) groups excluding carboxylic acids is 1. The molecule has 3 aromatic carbocycles. The number of carbonyl (C=O) groups is 1. The van der Waals surface area contributed by atoms with E-state index in [0.29, 0.717) is 10.6 Å². The molecule has 0 bridgehead atoms. The van der Waals surface area contributed by atoms with Gasteiger partial charge in [0.2, 0.25) is 0 Å². The van der Waals surface area contributed by atoms with E-state index < -0.39 is 0 Å². The van der Waals surface area contributed by atoms with Crippen LogP contribution in [-0.4, -0.2) is 10.9 Å². The molecular formula is C23H15ClN2O. The van der Waals surface area contributed by atoms with Gasteiger partial charge in [-0.3, -0.25) is 4.79 Å². The summed E-state index contributed by atoms with van der Waals surface area (Å²) >= 11 is 6.28. The van der Waals surface area contributed by atoms with E-state index in [2.05, 4.69) is 16.4 Å². The number of halogens is 1. The third kappa shape index (κ3) is 2.56. The van der Waals surface area contributed by atoms with Gasteiger partial charge in [-0.1, -0.05) is 60.1 Å². The van der Waals surface area contributed by atoms with E-state index >= 15 is 0 Å². The second-order valence-electron chi connectivity index (χ2n) is 6.51. The van der Waals surface area contributed by atoms with Gasteiger partial charge in [-0.25, -0.2) is 0 Å². The maximum absolute atomic E-state index is 13.0. The third-order valence-electron chi connectivity index (χ3n) is 4.89. The van der Waals surface area contributed by atoms with Crippen molar-refractivity contribution < 1.29 is 4.79 Å². The summed E-state index contributed by atoms with van der Waals surface area (Å²) in [5.74, 6) is -0.101. The molecular weight excluding hydrogens is 356 g/mol. The number of hydrogen-bond acceptors (Lipinski definition) is 1. The highest BCUT2D eigenvalue weighted by molar-refractivity contribution is 6.39. The normalized spacial score (nSPS) is 14.9. The Morgan fingerprint density at radius 2 is 1.70 bits per heavy atom. The number of H-pyrrole nitrogens is 1.